The Labute approximate surface area is 162 Å². The van der Waals surface area contributed by atoms with E-state index in [9.17, 15) is 13.2 Å². The van der Waals surface area contributed by atoms with Crippen LogP contribution in [0.3, 0.4) is 0 Å². The summed E-state index contributed by atoms with van der Waals surface area (Å²) < 4.78 is 28.4. The summed E-state index contributed by atoms with van der Waals surface area (Å²) in [5.41, 5.74) is 1.14. The first kappa shape index (κ1) is 20.1. The molecule has 0 spiro atoms. The maximum absolute atomic E-state index is 12.9. The summed E-state index contributed by atoms with van der Waals surface area (Å²) in [6.07, 6.45) is 2.84. The van der Waals surface area contributed by atoms with Gasteiger partial charge in [-0.1, -0.05) is 6.92 Å². The van der Waals surface area contributed by atoms with E-state index >= 15 is 0 Å². The second kappa shape index (κ2) is 8.58. The zero-order valence-electron chi connectivity index (χ0n) is 16.3. The van der Waals surface area contributed by atoms with Gasteiger partial charge in [0.2, 0.25) is 10.0 Å². The third kappa shape index (κ3) is 4.62. The van der Waals surface area contributed by atoms with Crippen LogP contribution in [0.1, 0.15) is 36.5 Å². The Bertz CT molecular complexity index is 767. The molecule has 3 rings (SSSR count). The molecule has 0 unspecified atom stereocenters. The van der Waals surface area contributed by atoms with Gasteiger partial charge in [0.05, 0.1) is 5.69 Å². The summed E-state index contributed by atoms with van der Waals surface area (Å²) in [6, 6.07) is 5.13. The molecule has 1 amide bonds. The molecule has 0 saturated carbocycles. The minimum Gasteiger partial charge on any atom is -0.370 e. The first-order valence-electron chi connectivity index (χ1n) is 9.79. The van der Waals surface area contributed by atoms with Crippen molar-refractivity contribution >= 4 is 21.6 Å². The smallest absolute Gasteiger partial charge is 0.253 e. The van der Waals surface area contributed by atoms with E-state index < -0.39 is 10.0 Å². The average molecular weight is 395 g/mol. The Balaban J connectivity index is 1.92. The largest absolute Gasteiger partial charge is 0.370 e. The quantitative estimate of drug-likeness (QED) is 0.789. The lowest BCUT2D eigenvalue weighted by Crippen LogP contribution is -2.47. The highest BCUT2D eigenvalue weighted by molar-refractivity contribution is 7.89. The molecule has 0 aromatic heterocycles. The van der Waals surface area contributed by atoms with E-state index in [2.05, 4.69) is 14.5 Å². The van der Waals surface area contributed by atoms with E-state index in [-0.39, 0.29) is 10.8 Å². The number of likely N-dealkylation sites (N-methyl/N-ethyl adjacent to an activating group) is 1. The van der Waals surface area contributed by atoms with Crippen LogP contribution in [0.15, 0.2) is 23.1 Å². The monoisotopic (exact) mass is 394 g/mol. The molecule has 0 atom stereocenters. The second-order valence-electron chi connectivity index (χ2n) is 7.37. The number of nitrogens with one attached hydrogen (secondary N) is 1. The Morgan fingerprint density at radius 3 is 2.37 bits per heavy atom. The second-order valence-corrected chi connectivity index (χ2v) is 9.11. The summed E-state index contributed by atoms with van der Waals surface area (Å²) in [7, 11) is -1.62. The summed E-state index contributed by atoms with van der Waals surface area (Å²) in [5.74, 6) is -0.0944. The molecule has 0 aliphatic carbocycles. The maximum atomic E-state index is 12.9. The van der Waals surface area contributed by atoms with Crippen LogP contribution in [0.25, 0.3) is 0 Å². The number of amides is 1. The lowest BCUT2D eigenvalue weighted by atomic mass is 10.1. The van der Waals surface area contributed by atoms with Crippen LogP contribution in [0.2, 0.25) is 0 Å². The van der Waals surface area contributed by atoms with Gasteiger partial charge in [-0.2, -0.15) is 0 Å². The number of hydrogen-bond donors (Lipinski definition) is 1. The number of sulfonamides is 1. The minimum atomic E-state index is -3.66. The summed E-state index contributed by atoms with van der Waals surface area (Å²) in [5, 5.41) is 0. The first-order valence-corrected chi connectivity index (χ1v) is 11.3. The molecule has 0 bridgehead atoms. The van der Waals surface area contributed by atoms with Gasteiger partial charge in [0.15, 0.2) is 0 Å². The van der Waals surface area contributed by atoms with Gasteiger partial charge in [-0.05, 0) is 44.5 Å². The third-order valence-corrected chi connectivity index (χ3v) is 6.77. The number of rotatable bonds is 6. The van der Waals surface area contributed by atoms with Crippen LogP contribution in [-0.2, 0) is 10.0 Å². The number of anilines is 1. The van der Waals surface area contributed by atoms with Gasteiger partial charge in [-0.15, -0.1) is 0 Å². The maximum Gasteiger partial charge on any atom is 0.253 e. The summed E-state index contributed by atoms with van der Waals surface area (Å²) in [4.78, 5) is 19.2. The van der Waals surface area contributed by atoms with Crippen molar-refractivity contribution in [1.82, 2.24) is 14.5 Å². The number of carbonyl (C=O) groups is 1. The highest BCUT2D eigenvalue weighted by Crippen LogP contribution is 2.30. The van der Waals surface area contributed by atoms with E-state index in [0.717, 1.165) is 45.4 Å². The molecule has 8 heteroatoms. The van der Waals surface area contributed by atoms with Crippen LogP contribution in [0, 0.1) is 0 Å². The molecular weight excluding hydrogens is 364 g/mol. The third-order valence-electron chi connectivity index (χ3n) is 5.28. The summed E-state index contributed by atoms with van der Waals surface area (Å²) in [6.45, 7) is 7.01. The van der Waals surface area contributed by atoms with E-state index in [1.165, 1.54) is 0 Å². The van der Waals surface area contributed by atoms with Crippen molar-refractivity contribution in [3.05, 3.63) is 23.8 Å². The van der Waals surface area contributed by atoms with Crippen molar-refractivity contribution in [2.45, 2.75) is 31.1 Å². The zero-order chi connectivity index (χ0) is 19.4. The number of benzene rings is 1. The van der Waals surface area contributed by atoms with Gasteiger partial charge < -0.3 is 14.7 Å². The van der Waals surface area contributed by atoms with Crippen molar-refractivity contribution in [2.75, 3.05) is 57.8 Å². The molecule has 2 saturated heterocycles. The van der Waals surface area contributed by atoms with Crippen LogP contribution in [0.5, 0.6) is 0 Å². The Morgan fingerprint density at radius 2 is 1.74 bits per heavy atom. The van der Waals surface area contributed by atoms with Crippen molar-refractivity contribution in [3.63, 3.8) is 0 Å². The molecule has 2 aliphatic heterocycles. The molecular formula is C19H30N4O3S. The highest BCUT2D eigenvalue weighted by Gasteiger charge is 2.27. The SMILES string of the molecule is CCCNS(=O)(=O)c1cc(C(=O)N2CCN(C)CC2)ccc1N1CCCC1. The van der Waals surface area contributed by atoms with E-state index in [1.54, 1.807) is 23.1 Å². The molecule has 0 radical (unpaired) electrons. The Morgan fingerprint density at radius 1 is 1.07 bits per heavy atom. The Hall–Kier alpha value is -1.64. The van der Waals surface area contributed by atoms with Crippen LogP contribution in [0.4, 0.5) is 5.69 Å². The molecule has 1 N–H and O–H groups in total. The fourth-order valence-electron chi connectivity index (χ4n) is 3.59. The van der Waals surface area contributed by atoms with E-state index in [4.69, 9.17) is 0 Å². The van der Waals surface area contributed by atoms with Crippen LogP contribution >= 0.6 is 0 Å². The van der Waals surface area contributed by atoms with Gasteiger partial charge in [0, 0.05) is 51.4 Å². The molecule has 150 valence electrons. The number of piperazine rings is 1. The Kier molecular flexibility index (Phi) is 6.39. The molecule has 1 aromatic rings. The van der Waals surface area contributed by atoms with E-state index in [0.29, 0.717) is 30.9 Å². The molecule has 7 nitrogen and oxygen atoms in total. The normalized spacial score (nSPS) is 18.9. The fraction of sp³-hybridized carbons (Fsp3) is 0.632. The van der Waals surface area contributed by atoms with E-state index in [1.807, 2.05) is 14.0 Å². The molecule has 2 heterocycles. The average Bonchev–Trinajstić information content (AvgIpc) is 3.20. The lowest BCUT2D eigenvalue weighted by molar-refractivity contribution is 0.0664. The molecule has 1 aromatic carbocycles. The highest BCUT2D eigenvalue weighted by atomic mass is 32.2. The molecule has 2 fully saturated rings. The fourth-order valence-corrected chi connectivity index (χ4v) is 4.97. The van der Waals surface area contributed by atoms with Gasteiger partial charge >= 0.3 is 0 Å². The number of carbonyl (C=O) groups excluding carboxylic acids is 1. The minimum absolute atomic E-state index is 0.0944. The number of nitrogens with zero attached hydrogens (tertiary/aromatic N) is 3. The standard InChI is InChI=1S/C19H30N4O3S/c1-3-8-20-27(25,26)18-15-16(6-7-17(18)22-9-4-5-10-22)19(24)23-13-11-21(2)12-14-23/h6-7,15,20H,3-5,8-14H2,1-2H3. The zero-order valence-corrected chi connectivity index (χ0v) is 17.1. The van der Waals surface area contributed by atoms with Gasteiger partial charge in [-0.3, -0.25) is 4.79 Å². The van der Waals surface area contributed by atoms with Gasteiger partial charge in [0.25, 0.3) is 5.91 Å². The van der Waals surface area contributed by atoms with Gasteiger partial charge in [0.1, 0.15) is 4.90 Å². The van der Waals surface area contributed by atoms with Crippen molar-refractivity contribution in [1.29, 1.82) is 0 Å². The predicted molar refractivity (Wildman–Crippen MR) is 107 cm³/mol. The predicted octanol–water partition coefficient (Wildman–Crippen LogP) is 1.36. The molecule has 2 aliphatic rings. The van der Waals surface area contributed by atoms with Crippen LogP contribution < -0.4 is 9.62 Å². The van der Waals surface area contributed by atoms with Crippen molar-refractivity contribution in [2.24, 2.45) is 0 Å². The van der Waals surface area contributed by atoms with Crippen LogP contribution in [-0.4, -0.2) is 77.0 Å². The lowest BCUT2D eigenvalue weighted by Gasteiger charge is -2.32. The van der Waals surface area contributed by atoms with Gasteiger partial charge in [-0.25, -0.2) is 13.1 Å². The number of hydrogen-bond acceptors (Lipinski definition) is 5. The molecule has 27 heavy (non-hydrogen) atoms. The van der Waals surface area contributed by atoms with Crippen molar-refractivity contribution in [3.8, 4) is 0 Å². The topological polar surface area (TPSA) is 73.0 Å². The van der Waals surface area contributed by atoms with Crippen molar-refractivity contribution < 1.29 is 13.2 Å². The summed E-state index contributed by atoms with van der Waals surface area (Å²) >= 11 is 0. The first-order chi connectivity index (χ1) is 12.9.